The molecule has 0 spiro atoms. The molecule has 0 saturated heterocycles. The second kappa shape index (κ2) is 7.03. The van der Waals surface area contributed by atoms with Crippen molar-refractivity contribution in [3.63, 3.8) is 0 Å². The molecule has 0 bridgehead atoms. The van der Waals surface area contributed by atoms with Crippen molar-refractivity contribution in [1.82, 2.24) is 4.90 Å². The van der Waals surface area contributed by atoms with E-state index in [2.05, 4.69) is 6.92 Å². The molecule has 0 fully saturated rings. The molecular formula is C18H25NO3. The Labute approximate surface area is 132 Å². The molecule has 4 nitrogen and oxygen atoms in total. The molecule has 0 radical (unpaired) electrons. The molecule has 2 aliphatic rings. The first-order chi connectivity index (χ1) is 10.8. The monoisotopic (exact) mass is 303 g/mol. The Morgan fingerprint density at radius 2 is 1.68 bits per heavy atom. The Morgan fingerprint density at radius 3 is 2.45 bits per heavy atom. The zero-order valence-electron chi connectivity index (χ0n) is 13.4. The van der Waals surface area contributed by atoms with Crippen LogP contribution in [-0.4, -0.2) is 24.1 Å². The van der Waals surface area contributed by atoms with Crippen molar-refractivity contribution in [2.45, 2.75) is 58.4 Å². The highest BCUT2D eigenvalue weighted by Gasteiger charge is 2.30. The highest BCUT2D eigenvalue weighted by molar-refractivity contribution is 5.99. The summed E-state index contributed by atoms with van der Waals surface area (Å²) in [6.45, 7) is 4.06. The summed E-state index contributed by atoms with van der Waals surface area (Å²) >= 11 is 0. The summed E-state index contributed by atoms with van der Waals surface area (Å²) in [4.78, 5) is 14.4. The van der Waals surface area contributed by atoms with Crippen molar-refractivity contribution in [1.29, 1.82) is 0 Å². The van der Waals surface area contributed by atoms with Crippen LogP contribution in [-0.2, 0) is 6.54 Å². The summed E-state index contributed by atoms with van der Waals surface area (Å²) in [7, 11) is 0. The van der Waals surface area contributed by atoms with Crippen LogP contribution < -0.4 is 9.47 Å². The largest absolute Gasteiger partial charge is 0.454 e. The number of rotatable bonds is 8. The molecule has 1 aromatic carbocycles. The number of carbonyl (C=O) groups is 1. The van der Waals surface area contributed by atoms with E-state index >= 15 is 0 Å². The number of hydrogen-bond donors (Lipinski definition) is 0. The molecule has 0 aromatic heterocycles. The van der Waals surface area contributed by atoms with Crippen LogP contribution in [0.1, 0.15) is 67.8 Å². The van der Waals surface area contributed by atoms with Crippen LogP contribution in [0.2, 0.25) is 0 Å². The average molecular weight is 303 g/mol. The fraction of sp³-hybridized carbons (Fsp3) is 0.611. The van der Waals surface area contributed by atoms with Crippen molar-refractivity contribution < 1.29 is 14.3 Å². The molecule has 2 heterocycles. The van der Waals surface area contributed by atoms with Crippen LogP contribution in [0.25, 0.3) is 0 Å². The first-order valence-corrected chi connectivity index (χ1v) is 8.51. The van der Waals surface area contributed by atoms with E-state index in [1.54, 1.807) is 0 Å². The topological polar surface area (TPSA) is 38.8 Å². The minimum Gasteiger partial charge on any atom is -0.454 e. The molecule has 0 unspecified atom stereocenters. The number of nitrogens with zero attached hydrogens (tertiary/aromatic N) is 1. The van der Waals surface area contributed by atoms with Gasteiger partial charge in [0.1, 0.15) is 0 Å². The Bertz CT molecular complexity index is 541. The maximum atomic E-state index is 12.4. The summed E-state index contributed by atoms with van der Waals surface area (Å²) in [5.41, 5.74) is 1.85. The molecule has 2 aliphatic heterocycles. The van der Waals surface area contributed by atoms with Crippen molar-refractivity contribution in [3.05, 3.63) is 23.3 Å². The fourth-order valence-corrected chi connectivity index (χ4v) is 3.20. The smallest absolute Gasteiger partial charge is 0.254 e. The SMILES string of the molecule is CCCCCCCCCN1Cc2cc3c(cc2C1=O)OCO3. The molecule has 22 heavy (non-hydrogen) atoms. The molecule has 0 N–H and O–H groups in total. The van der Waals surface area contributed by atoms with Crippen LogP contribution in [0.3, 0.4) is 0 Å². The number of benzene rings is 1. The summed E-state index contributed by atoms with van der Waals surface area (Å²) in [6.07, 6.45) is 8.89. The lowest BCUT2D eigenvalue weighted by Gasteiger charge is -2.15. The number of carbonyl (C=O) groups excluding carboxylic acids is 1. The molecule has 1 aromatic rings. The molecule has 0 aliphatic carbocycles. The lowest BCUT2D eigenvalue weighted by atomic mass is 10.1. The molecule has 4 heteroatoms. The van der Waals surface area contributed by atoms with Gasteiger partial charge in [-0.05, 0) is 24.1 Å². The Balaban J connectivity index is 1.46. The summed E-state index contributed by atoms with van der Waals surface area (Å²) in [5, 5.41) is 0. The van der Waals surface area contributed by atoms with E-state index in [-0.39, 0.29) is 12.7 Å². The molecule has 1 amide bonds. The predicted octanol–water partition coefficient (Wildman–Crippen LogP) is 4.12. The quantitative estimate of drug-likeness (QED) is 0.678. The van der Waals surface area contributed by atoms with E-state index in [9.17, 15) is 4.79 Å². The van der Waals surface area contributed by atoms with E-state index < -0.39 is 0 Å². The second-order valence-corrected chi connectivity index (χ2v) is 6.21. The number of ether oxygens (including phenoxy) is 2. The summed E-state index contributed by atoms with van der Waals surface area (Å²) in [6, 6.07) is 3.80. The van der Waals surface area contributed by atoms with Gasteiger partial charge in [0.2, 0.25) is 6.79 Å². The minimum atomic E-state index is 0.138. The number of hydrogen-bond acceptors (Lipinski definition) is 3. The Morgan fingerprint density at radius 1 is 1.00 bits per heavy atom. The van der Waals surface area contributed by atoms with Crippen LogP contribution in [0.4, 0.5) is 0 Å². The number of fused-ring (bicyclic) bond motifs is 2. The van der Waals surface area contributed by atoms with Gasteiger partial charge in [-0.15, -0.1) is 0 Å². The Kier molecular flexibility index (Phi) is 4.86. The van der Waals surface area contributed by atoms with Gasteiger partial charge in [-0.2, -0.15) is 0 Å². The lowest BCUT2D eigenvalue weighted by Crippen LogP contribution is -2.24. The van der Waals surface area contributed by atoms with Crippen molar-refractivity contribution in [2.75, 3.05) is 13.3 Å². The van der Waals surface area contributed by atoms with Gasteiger partial charge < -0.3 is 14.4 Å². The molecule has 0 atom stereocenters. The van der Waals surface area contributed by atoms with Gasteiger partial charge in [0, 0.05) is 18.7 Å². The normalized spacial score (nSPS) is 15.5. The molecule has 120 valence electrons. The second-order valence-electron chi connectivity index (χ2n) is 6.21. The van der Waals surface area contributed by atoms with Gasteiger partial charge in [-0.3, -0.25) is 4.79 Å². The van der Waals surface area contributed by atoms with Crippen LogP contribution in [0, 0.1) is 0 Å². The average Bonchev–Trinajstić information content (AvgIpc) is 3.09. The summed E-state index contributed by atoms with van der Waals surface area (Å²) in [5.74, 6) is 1.61. The lowest BCUT2D eigenvalue weighted by molar-refractivity contribution is 0.0775. The van der Waals surface area contributed by atoms with Gasteiger partial charge in [0.15, 0.2) is 11.5 Å². The fourth-order valence-electron chi connectivity index (χ4n) is 3.20. The van der Waals surface area contributed by atoms with Gasteiger partial charge >= 0.3 is 0 Å². The van der Waals surface area contributed by atoms with Crippen LogP contribution >= 0.6 is 0 Å². The maximum Gasteiger partial charge on any atom is 0.254 e. The Hall–Kier alpha value is -1.71. The molecule has 3 rings (SSSR count). The van der Waals surface area contributed by atoms with Gasteiger partial charge in [-0.25, -0.2) is 0 Å². The van der Waals surface area contributed by atoms with E-state index in [4.69, 9.17) is 9.47 Å². The summed E-state index contributed by atoms with van der Waals surface area (Å²) < 4.78 is 10.7. The third kappa shape index (κ3) is 3.21. The zero-order chi connectivity index (χ0) is 15.4. The van der Waals surface area contributed by atoms with Gasteiger partial charge in [0.25, 0.3) is 5.91 Å². The maximum absolute atomic E-state index is 12.4. The van der Waals surface area contributed by atoms with E-state index in [0.29, 0.717) is 12.3 Å². The van der Waals surface area contributed by atoms with Crippen LogP contribution in [0.15, 0.2) is 12.1 Å². The minimum absolute atomic E-state index is 0.138. The van der Waals surface area contributed by atoms with E-state index in [0.717, 1.165) is 29.8 Å². The standard InChI is InChI=1S/C18H25NO3/c1-2-3-4-5-6-7-8-9-19-12-14-10-16-17(22-13-21-16)11-15(14)18(19)20/h10-11H,2-9,12-13H2,1H3. The highest BCUT2D eigenvalue weighted by atomic mass is 16.7. The highest BCUT2D eigenvalue weighted by Crippen LogP contribution is 2.38. The third-order valence-corrected chi connectivity index (χ3v) is 4.51. The predicted molar refractivity (Wildman–Crippen MR) is 85.3 cm³/mol. The van der Waals surface area contributed by atoms with Gasteiger partial charge in [-0.1, -0.05) is 45.4 Å². The first kappa shape index (κ1) is 15.2. The third-order valence-electron chi connectivity index (χ3n) is 4.51. The number of unbranched alkanes of at least 4 members (excludes halogenated alkanes) is 6. The van der Waals surface area contributed by atoms with E-state index in [1.807, 2.05) is 17.0 Å². The van der Waals surface area contributed by atoms with Crippen LogP contribution in [0.5, 0.6) is 11.5 Å². The van der Waals surface area contributed by atoms with Crippen molar-refractivity contribution in [2.24, 2.45) is 0 Å². The number of amides is 1. The van der Waals surface area contributed by atoms with Crippen molar-refractivity contribution >= 4 is 5.91 Å². The molecular weight excluding hydrogens is 278 g/mol. The first-order valence-electron chi connectivity index (χ1n) is 8.51. The van der Waals surface area contributed by atoms with Gasteiger partial charge in [0.05, 0.1) is 0 Å². The van der Waals surface area contributed by atoms with E-state index in [1.165, 1.54) is 38.5 Å². The van der Waals surface area contributed by atoms with Crippen molar-refractivity contribution in [3.8, 4) is 11.5 Å². The zero-order valence-corrected chi connectivity index (χ0v) is 13.4. The molecule has 0 saturated carbocycles.